The Balaban J connectivity index is 2.68. The summed E-state index contributed by atoms with van der Waals surface area (Å²) in [6, 6.07) is 7.92. The fraction of sp³-hybridized carbons (Fsp3) is 0.455. The summed E-state index contributed by atoms with van der Waals surface area (Å²) in [6.45, 7) is 4.73. The van der Waals surface area contributed by atoms with Crippen molar-refractivity contribution >= 4 is 11.4 Å². The SMILES string of the molecule is CCN(CCOC)c1cccc(N)c1. The highest BCUT2D eigenvalue weighted by Gasteiger charge is 2.02. The molecule has 0 unspecified atom stereocenters. The van der Waals surface area contributed by atoms with Crippen molar-refractivity contribution in [2.24, 2.45) is 0 Å². The molecule has 0 radical (unpaired) electrons. The maximum absolute atomic E-state index is 5.72. The molecule has 1 rings (SSSR count). The molecule has 0 aliphatic carbocycles. The Kier molecular flexibility index (Phi) is 4.26. The third-order valence-electron chi connectivity index (χ3n) is 2.18. The van der Waals surface area contributed by atoms with Gasteiger partial charge >= 0.3 is 0 Å². The minimum absolute atomic E-state index is 0.739. The quantitative estimate of drug-likeness (QED) is 0.726. The molecule has 0 aliphatic rings. The van der Waals surface area contributed by atoms with E-state index in [0.29, 0.717) is 0 Å². The van der Waals surface area contributed by atoms with Crippen LogP contribution >= 0.6 is 0 Å². The molecule has 0 saturated heterocycles. The van der Waals surface area contributed by atoms with Crippen LogP contribution in [0.4, 0.5) is 11.4 Å². The second-order valence-electron chi connectivity index (χ2n) is 3.17. The topological polar surface area (TPSA) is 38.5 Å². The summed E-state index contributed by atoms with van der Waals surface area (Å²) < 4.78 is 5.05. The fourth-order valence-electron chi connectivity index (χ4n) is 1.39. The van der Waals surface area contributed by atoms with E-state index in [2.05, 4.69) is 17.9 Å². The van der Waals surface area contributed by atoms with Gasteiger partial charge in [0.2, 0.25) is 0 Å². The van der Waals surface area contributed by atoms with Crippen LogP contribution in [0, 0.1) is 0 Å². The lowest BCUT2D eigenvalue weighted by Crippen LogP contribution is -2.26. The van der Waals surface area contributed by atoms with E-state index < -0.39 is 0 Å². The normalized spacial score (nSPS) is 10.1. The fourth-order valence-corrected chi connectivity index (χ4v) is 1.39. The van der Waals surface area contributed by atoms with Crippen LogP contribution in [0.1, 0.15) is 6.92 Å². The maximum Gasteiger partial charge on any atom is 0.0637 e. The Bertz CT molecular complexity index is 276. The van der Waals surface area contributed by atoms with Crippen molar-refractivity contribution in [1.29, 1.82) is 0 Å². The number of rotatable bonds is 5. The highest BCUT2D eigenvalue weighted by Crippen LogP contribution is 2.16. The minimum atomic E-state index is 0.739. The molecule has 0 bridgehead atoms. The van der Waals surface area contributed by atoms with Gasteiger partial charge in [-0.25, -0.2) is 0 Å². The standard InChI is InChI=1S/C11H18N2O/c1-3-13(7-8-14-2)11-6-4-5-10(12)9-11/h4-6,9H,3,7-8,12H2,1-2H3. The number of hydrogen-bond donors (Lipinski definition) is 1. The van der Waals surface area contributed by atoms with Gasteiger partial charge in [0.15, 0.2) is 0 Å². The van der Waals surface area contributed by atoms with Gasteiger partial charge in [-0.05, 0) is 25.1 Å². The zero-order chi connectivity index (χ0) is 10.4. The summed E-state index contributed by atoms with van der Waals surface area (Å²) in [5.41, 5.74) is 7.68. The Hall–Kier alpha value is -1.22. The van der Waals surface area contributed by atoms with Gasteiger partial charge in [0.1, 0.15) is 0 Å². The molecule has 0 saturated carbocycles. The lowest BCUT2D eigenvalue weighted by molar-refractivity contribution is 0.205. The molecule has 0 spiro atoms. The summed E-state index contributed by atoms with van der Waals surface area (Å²) in [5.74, 6) is 0. The molecule has 78 valence electrons. The van der Waals surface area contributed by atoms with Crippen molar-refractivity contribution in [1.82, 2.24) is 0 Å². The average Bonchev–Trinajstić information content (AvgIpc) is 2.19. The number of methoxy groups -OCH3 is 1. The lowest BCUT2D eigenvalue weighted by Gasteiger charge is -2.22. The number of benzene rings is 1. The van der Waals surface area contributed by atoms with Gasteiger partial charge in [-0.1, -0.05) is 6.07 Å². The number of nitrogens with two attached hydrogens (primary N) is 1. The van der Waals surface area contributed by atoms with Crippen molar-refractivity contribution in [3.8, 4) is 0 Å². The molecule has 0 amide bonds. The highest BCUT2D eigenvalue weighted by atomic mass is 16.5. The van der Waals surface area contributed by atoms with Crippen molar-refractivity contribution in [2.45, 2.75) is 6.92 Å². The summed E-state index contributed by atoms with van der Waals surface area (Å²) >= 11 is 0. The van der Waals surface area contributed by atoms with E-state index in [1.54, 1.807) is 7.11 Å². The van der Waals surface area contributed by atoms with Crippen LogP contribution in [0.15, 0.2) is 24.3 Å². The number of ether oxygens (including phenoxy) is 1. The summed E-state index contributed by atoms with van der Waals surface area (Å²) in [7, 11) is 1.72. The zero-order valence-electron chi connectivity index (χ0n) is 8.86. The molecule has 0 aliphatic heterocycles. The first-order valence-electron chi connectivity index (χ1n) is 4.87. The monoisotopic (exact) mass is 194 g/mol. The summed E-state index contributed by atoms with van der Waals surface area (Å²) in [4.78, 5) is 2.24. The third-order valence-corrected chi connectivity index (χ3v) is 2.18. The first-order chi connectivity index (χ1) is 6.77. The van der Waals surface area contributed by atoms with Crippen LogP contribution in [0.2, 0.25) is 0 Å². The maximum atomic E-state index is 5.72. The van der Waals surface area contributed by atoms with Gasteiger partial charge < -0.3 is 15.4 Å². The van der Waals surface area contributed by atoms with Crippen molar-refractivity contribution in [3.05, 3.63) is 24.3 Å². The van der Waals surface area contributed by atoms with Crippen molar-refractivity contribution in [2.75, 3.05) is 37.4 Å². The first-order valence-corrected chi connectivity index (χ1v) is 4.87. The number of nitrogen functional groups attached to an aromatic ring is 1. The molecule has 0 fully saturated rings. The van der Waals surface area contributed by atoms with Gasteiger partial charge in [-0.15, -0.1) is 0 Å². The van der Waals surface area contributed by atoms with Gasteiger partial charge in [0.05, 0.1) is 6.61 Å². The van der Waals surface area contributed by atoms with E-state index >= 15 is 0 Å². The third kappa shape index (κ3) is 2.92. The number of anilines is 2. The van der Waals surface area contributed by atoms with Gasteiger partial charge in [-0.2, -0.15) is 0 Å². The van der Waals surface area contributed by atoms with Crippen molar-refractivity contribution < 1.29 is 4.74 Å². The smallest absolute Gasteiger partial charge is 0.0637 e. The van der Waals surface area contributed by atoms with Gasteiger partial charge in [0.25, 0.3) is 0 Å². The molecule has 0 atom stereocenters. The van der Waals surface area contributed by atoms with E-state index in [4.69, 9.17) is 10.5 Å². The Morgan fingerprint density at radius 3 is 2.79 bits per heavy atom. The minimum Gasteiger partial charge on any atom is -0.399 e. The zero-order valence-corrected chi connectivity index (χ0v) is 8.86. The van der Waals surface area contributed by atoms with E-state index in [1.165, 1.54) is 0 Å². The second-order valence-corrected chi connectivity index (χ2v) is 3.17. The van der Waals surface area contributed by atoms with Crippen molar-refractivity contribution in [3.63, 3.8) is 0 Å². The van der Waals surface area contributed by atoms with Crippen LogP contribution in [0.3, 0.4) is 0 Å². The van der Waals surface area contributed by atoms with Crippen LogP contribution in [0.25, 0.3) is 0 Å². The lowest BCUT2D eigenvalue weighted by atomic mass is 10.2. The number of hydrogen-bond acceptors (Lipinski definition) is 3. The Morgan fingerprint density at radius 2 is 2.21 bits per heavy atom. The molecule has 1 aromatic carbocycles. The van der Waals surface area contributed by atoms with Crippen LogP contribution in [-0.4, -0.2) is 26.8 Å². The molecule has 2 N–H and O–H groups in total. The highest BCUT2D eigenvalue weighted by molar-refractivity contribution is 5.55. The summed E-state index contributed by atoms with van der Waals surface area (Å²) in [5, 5.41) is 0. The number of nitrogens with zero attached hydrogens (tertiary/aromatic N) is 1. The Morgan fingerprint density at radius 1 is 1.43 bits per heavy atom. The second kappa shape index (κ2) is 5.50. The van der Waals surface area contributed by atoms with Gasteiger partial charge in [0, 0.05) is 31.6 Å². The van der Waals surface area contributed by atoms with Crippen LogP contribution in [-0.2, 0) is 4.74 Å². The molecule has 3 heteroatoms. The van der Waals surface area contributed by atoms with E-state index in [1.807, 2.05) is 18.2 Å². The van der Waals surface area contributed by atoms with E-state index in [9.17, 15) is 0 Å². The Labute approximate surface area is 85.5 Å². The van der Waals surface area contributed by atoms with Gasteiger partial charge in [-0.3, -0.25) is 0 Å². The molecular formula is C11H18N2O. The van der Waals surface area contributed by atoms with Crippen LogP contribution in [0.5, 0.6) is 0 Å². The first kappa shape index (κ1) is 10.9. The number of likely N-dealkylation sites (N-methyl/N-ethyl adjacent to an activating group) is 1. The largest absolute Gasteiger partial charge is 0.399 e. The molecule has 1 aromatic rings. The molecule has 3 nitrogen and oxygen atoms in total. The molecule has 0 aromatic heterocycles. The molecule has 14 heavy (non-hydrogen) atoms. The summed E-state index contributed by atoms with van der Waals surface area (Å²) in [6.07, 6.45) is 0. The van der Waals surface area contributed by atoms with E-state index in [-0.39, 0.29) is 0 Å². The molecule has 0 heterocycles. The molecular weight excluding hydrogens is 176 g/mol. The van der Waals surface area contributed by atoms with E-state index in [0.717, 1.165) is 31.1 Å². The van der Waals surface area contributed by atoms with Crippen LogP contribution < -0.4 is 10.6 Å². The predicted octanol–water partition coefficient (Wildman–Crippen LogP) is 1.74. The average molecular weight is 194 g/mol. The predicted molar refractivity (Wildman–Crippen MR) is 60.6 cm³/mol.